The molecule has 0 saturated heterocycles. The van der Waals surface area contributed by atoms with Gasteiger partial charge in [0.15, 0.2) is 0 Å². The maximum absolute atomic E-state index is 12.4. The number of hydrogen-bond acceptors (Lipinski definition) is 3. The van der Waals surface area contributed by atoms with Gasteiger partial charge in [-0.2, -0.15) is 13.2 Å². The predicted molar refractivity (Wildman–Crippen MR) is 108 cm³/mol. The van der Waals surface area contributed by atoms with E-state index in [9.17, 15) is 18.0 Å². The van der Waals surface area contributed by atoms with Gasteiger partial charge in [-0.05, 0) is 54.4 Å². The smallest absolute Gasteiger partial charge is 0.407 e. The second kappa shape index (κ2) is 10.4. The molecule has 1 aliphatic rings. The minimum absolute atomic E-state index is 0.0418. The van der Waals surface area contributed by atoms with Gasteiger partial charge in [0, 0.05) is 13.0 Å². The Morgan fingerprint density at radius 1 is 1.13 bits per heavy atom. The number of amides is 1. The predicted octanol–water partition coefficient (Wildman–Crippen LogP) is 5.75. The summed E-state index contributed by atoms with van der Waals surface area (Å²) >= 11 is 0. The van der Waals surface area contributed by atoms with Crippen LogP contribution >= 0.6 is 0 Å². The molecule has 0 fully saturated rings. The van der Waals surface area contributed by atoms with Crippen molar-refractivity contribution < 1.29 is 27.4 Å². The zero-order chi connectivity index (χ0) is 21.4. The molecule has 3 rings (SSSR count). The molecule has 2 aromatic rings. The highest BCUT2D eigenvalue weighted by atomic mass is 19.4. The summed E-state index contributed by atoms with van der Waals surface area (Å²) in [5, 5.41) is 2.76. The summed E-state index contributed by atoms with van der Waals surface area (Å²) in [5.74, 6) is 0.953. The molecule has 1 amide bonds. The summed E-state index contributed by atoms with van der Waals surface area (Å²) in [7, 11) is 0. The standard InChI is InChI=1S/C23H26F3NO3/c24-23(25,26)12-10-17-8-9-20-19(11-14-29-21(20)15-17)7-4-13-27-22(28)30-16-18-5-2-1-3-6-18/h1-3,5-6,8-9,15,19H,4,7,10-14,16H2,(H,27,28). The van der Waals surface area contributed by atoms with Crippen LogP contribution in [0.5, 0.6) is 5.75 Å². The van der Waals surface area contributed by atoms with Crippen LogP contribution < -0.4 is 10.1 Å². The van der Waals surface area contributed by atoms with Crippen molar-refractivity contribution in [2.45, 2.75) is 50.8 Å². The zero-order valence-electron chi connectivity index (χ0n) is 16.7. The van der Waals surface area contributed by atoms with Crippen molar-refractivity contribution in [2.24, 2.45) is 0 Å². The summed E-state index contributed by atoms with van der Waals surface area (Å²) in [6.45, 7) is 1.29. The molecule has 1 aliphatic heterocycles. The molecule has 2 aromatic carbocycles. The van der Waals surface area contributed by atoms with Crippen molar-refractivity contribution in [1.82, 2.24) is 5.32 Å². The van der Waals surface area contributed by atoms with Gasteiger partial charge in [-0.25, -0.2) is 4.79 Å². The molecule has 1 heterocycles. The number of aryl methyl sites for hydroxylation is 1. The largest absolute Gasteiger partial charge is 0.493 e. The van der Waals surface area contributed by atoms with E-state index in [1.165, 1.54) is 0 Å². The van der Waals surface area contributed by atoms with Crippen molar-refractivity contribution in [3.63, 3.8) is 0 Å². The molecular weight excluding hydrogens is 395 g/mol. The monoisotopic (exact) mass is 421 g/mol. The van der Waals surface area contributed by atoms with Crippen molar-refractivity contribution in [3.05, 3.63) is 65.2 Å². The minimum Gasteiger partial charge on any atom is -0.493 e. The van der Waals surface area contributed by atoms with Crippen molar-refractivity contribution in [2.75, 3.05) is 13.2 Å². The first-order valence-electron chi connectivity index (χ1n) is 10.2. The van der Waals surface area contributed by atoms with E-state index in [4.69, 9.17) is 9.47 Å². The summed E-state index contributed by atoms with van der Waals surface area (Å²) in [5.41, 5.74) is 2.60. The van der Waals surface area contributed by atoms with Crippen LogP contribution in [0.3, 0.4) is 0 Å². The number of rotatable bonds is 8. The van der Waals surface area contributed by atoms with Crippen molar-refractivity contribution in [3.8, 4) is 5.75 Å². The fourth-order valence-corrected chi connectivity index (χ4v) is 3.56. The maximum atomic E-state index is 12.4. The molecule has 0 saturated carbocycles. The van der Waals surface area contributed by atoms with E-state index < -0.39 is 18.7 Å². The number of alkyl carbamates (subject to hydrolysis) is 1. The Bertz CT molecular complexity index is 824. The van der Waals surface area contributed by atoms with Gasteiger partial charge in [-0.15, -0.1) is 0 Å². The van der Waals surface area contributed by atoms with Gasteiger partial charge in [0.05, 0.1) is 6.61 Å². The number of nitrogens with one attached hydrogen (secondary N) is 1. The average molecular weight is 421 g/mol. The highest BCUT2D eigenvalue weighted by Crippen LogP contribution is 2.37. The number of benzene rings is 2. The number of ether oxygens (including phenoxy) is 2. The first-order valence-corrected chi connectivity index (χ1v) is 10.2. The lowest BCUT2D eigenvalue weighted by molar-refractivity contribution is -0.134. The lowest BCUT2D eigenvalue weighted by atomic mass is 9.88. The third-order valence-electron chi connectivity index (χ3n) is 5.15. The van der Waals surface area contributed by atoms with Crippen LogP contribution in [-0.2, 0) is 17.8 Å². The first-order chi connectivity index (χ1) is 14.4. The Labute approximate surface area is 174 Å². The van der Waals surface area contributed by atoms with Crippen LogP contribution in [0.15, 0.2) is 48.5 Å². The van der Waals surface area contributed by atoms with Gasteiger partial charge in [0.25, 0.3) is 0 Å². The lowest BCUT2D eigenvalue weighted by Crippen LogP contribution is -2.25. The average Bonchev–Trinajstić information content (AvgIpc) is 2.74. The van der Waals surface area contributed by atoms with Crippen LogP contribution in [0, 0.1) is 0 Å². The molecule has 0 spiro atoms. The van der Waals surface area contributed by atoms with Crippen LogP contribution in [0.1, 0.15) is 48.3 Å². The lowest BCUT2D eigenvalue weighted by Gasteiger charge is -2.26. The molecule has 162 valence electrons. The third kappa shape index (κ3) is 6.97. The number of hydrogen-bond donors (Lipinski definition) is 1. The molecule has 0 aliphatic carbocycles. The van der Waals surface area contributed by atoms with Gasteiger partial charge in [-0.1, -0.05) is 42.5 Å². The molecule has 0 aromatic heterocycles. The number of carbonyl (C=O) groups is 1. The van der Waals surface area contributed by atoms with E-state index in [2.05, 4.69) is 5.32 Å². The maximum Gasteiger partial charge on any atom is 0.407 e. The molecule has 0 bridgehead atoms. The van der Waals surface area contributed by atoms with Gasteiger partial charge in [0.2, 0.25) is 0 Å². The quantitative estimate of drug-likeness (QED) is 0.552. The molecular formula is C23H26F3NO3. The highest BCUT2D eigenvalue weighted by molar-refractivity contribution is 5.67. The van der Waals surface area contributed by atoms with Gasteiger partial charge in [0.1, 0.15) is 12.4 Å². The van der Waals surface area contributed by atoms with Gasteiger partial charge >= 0.3 is 12.3 Å². The van der Waals surface area contributed by atoms with E-state index >= 15 is 0 Å². The summed E-state index contributed by atoms with van der Waals surface area (Å²) in [4.78, 5) is 11.8. The van der Waals surface area contributed by atoms with Crippen LogP contribution in [0.25, 0.3) is 0 Å². The Kier molecular flexibility index (Phi) is 7.60. The van der Waals surface area contributed by atoms with Gasteiger partial charge < -0.3 is 14.8 Å². The first kappa shape index (κ1) is 22.0. The highest BCUT2D eigenvalue weighted by Gasteiger charge is 2.27. The summed E-state index contributed by atoms with van der Waals surface area (Å²) in [6, 6.07) is 14.8. The molecule has 7 heteroatoms. The molecule has 0 radical (unpaired) electrons. The molecule has 4 nitrogen and oxygen atoms in total. The van der Waals surface area contributed by atoms with Gasteiger partial charge in [-0.3, -0.25) is 0 Å². The SMILES string of the molecule is O=C(NCCCC1CCOc2cc(CCC(F)(F)F)ccc21)OCc1ccccc1. The number of carbonyl (C=O) groups excluding carboxylic acids is 1. The number of fused-ring (bicyclic) bond motifs is 1. The number of alkyl halides is 3. The number of halogens is 3. The van der Waals surface area contributed by atoms with Crippen LogP contribution in [-0.4, -0.2) is 25.4 Å². The zero-order valence-corrected chi connectivity index (χ0v) is 16.7. The second-order valence-electron chi connectivity index (χ2n) is 7.45. The van der Waals surface area contributed by atoms with Crippen LogP contribution in [0.2, 0.25) is 0 Å². The fraction of sp³-hybridized carbons (Fsp3) is 0.435. The molecule has 1 unspecified atom stereocenters. The van der Waals surface area contributed by atoms with E-state index in [1.54, 1.807) is 12.1 Å². The normalized spacial score (nSPS) is 15.8. The molecule has 1 N–H and O–H groups in total. The Balaban J connectivity index is 1.42. The van der Waals surface area contributed by atoms with Crippen molar-refractivity contribution in [1.29, 1.82) is 0 Å². The Morgan fingerprint density at radius 2 is 1.93 bits per heavy atom. The van der Waals surface area contributed by atoms with E-state index in [0.717, 1.165) is 30.4 Å². The third-order valence-corrected chi connectivity index (χ3v) is 5.15. The fourth-order valence-electron chi connectivity index (χ4n) is 3.56. The topological polar surface area (TPSA) is 47.6 Å². The molecule has 30 heavy (non-hydrogen) atoms. The van der Waals surface area contributed by atoms with Crippen molar-refractivity contribution >= 4 is 6.09 Å². The van der Waals surface area contributed by atoms with E-state index in [-0.39, 0.29) is 18.9 Å². The van der Waals surface area contributed by atoms with Crippen LogP contribution in [0.4, 0.5) is 18.0 Å². The Hall–Kier alpha value is -2.70. The summed E-state index contributed by atoms with van der Waals surface area (Å²) in [6.07, 6.45) is -2.99. The minimum atomic E-state index is -4.16. The molecule has 1 atom stereocenters. The Morgan fingerprint density at radius 3 is 2.70 bits per heavy atom. The van der Waals surface area contributed by atoms with E-state index in [0.29, 0.717) is 24.5 Å². The summed E-state index contributed by atoms with van der Waals surface area (Å²) < 4.78 is 48.2. The van der Waals surface area contributed by atoms with E-state index in [1.807, 2.05) is 36.4 Å². The second-order valence-corrected chi connectivity index (χ2v) is 7.45.